The predicted molar refractivity (Wildman–Crippen MR) is 80.2 cm³/mol. The number of hydrogen-bond acceptors (Lipinski definition) is 4. The van der Waals surface area contributed by atoms with Gasteiger partial charge < -0.3 is 14.0 Å². The van der Waals surface area contributed by atoms with Gasteiger partial charge in [0.15, 0.2) is 0 Å². The second-order valence-corrected chi connectivity index (χ2v) is 4.76. The van der Waals surface area contributed by atoms with Gasteiger partial charge in [-0.3, -0.25) is 4.98 Å². The molecule has 0 spiro atoms. The number of pyridine rings is 1. The normalized spacial score (nSPS) is 10.6. The van der Waals surface area contributed by atoms with Gasteiger partial charge in [0.1, 0.15) is 0 Å². The van der Waals surface area contributed by atoms with Gasteiger partial charge in [-0.25, -0.2) is 4.79 Å². The summed E-state index contributed by atoms with van der Waals surface area (Å²) in [5.74, 6) is -0.317. The predicted octanol–water partition coefficient (Wildman–Crippen LogP) is 2.68. The minimum atomic E-state index is -0.317. The van der Waals surface area contributed by atoms with Gasteiger partial charge in [-0.2, -0.15) is 0 Å². The zero-order valence-corrected chi connectivity index (χ0v) is 12.6. The Bertz CT molecular complexity index is 605. The van der Waals surface area contributed by atoms with Crippen LogP contribution in [0.5, 0.6) is 0 Å². The van der Waals surface area contributed by atoms with E-state index in [0.717, 1.165) is 29.9 Å². The second-order valence-electron chi connectivity index (χ2n) is 4.76. The summed E-state index contributed by atoms with van der Waals surface area (Å²) in [6.45, 7) is 3.39. The first-order valence-electron chi connectivity index (χ1n) is 6.86. The van der Waals surface area contributed by atoms with Crippen LogP contribution in [0.1, 0.15) is 22.5 Å². The van der Waals surface area contributed by atoms with Crippen LogP contribution in [0.2, 0.25) is 0 Å². The Morgan fingerprint density at radius 3 is 2.81 bits per heavy atom. The smallest absolute Gasteiger partial charge is 0.339 e. The maximum Gasteiger partial charge on any atom is 0.339 e. The van der Waals surface area contributed by atoms with Crippen LogP contribution in [0.25, 0.3) is 11.3 Å². The van der Waals surface area contributed by atoms with E-state index >= 15 is 0 Å². The van der Waals surface area contributed by atoms with Crippen LogP contribution < -0.4 is 0 Å². The van der Waals surface area contributed by atoms with Crippen molar-refractivity contribution in [3.8, 4) is 11.3 Å². The number of rotatable bonds is 6. The van der Waals surface area contributed by atoms with Gasteiger partial charge in [0, 0.05) is 43.9 Å². The summed E-state index contributed by atoms with van der Waals surface area (Å²) in [5.41, 5.74) is 3.44. The largest absolute Gasteiger partial charge is 0.465 e. The molecule has 0 radical (unpaired) electrons. The first-order valence-corrected chi connectivity index (χ1v) is 6.86. The first-order chi connectivity index (χ1) is 10.2. The lowest BCUT2D eigenvalue weighted by molar-refractivity contribution is 0.0600. The Kier molecular flexibility index (Phi) is 5.11. The van der Waals surface area contributed by atoms with Gasteiger partial charge in [0.05, 0.1) is 18.4 Å². The van der Waals surface area contributed by atoms with E-state index in [1.165, 1.54) is 7.11 Å². The SMILES string of the molecule is COCCCn1c(-c2cccnc2)cc(C(=O)OC)c1C. The fourth-order valence-corrected chi connectivity index (χ4v) is 2.37. The van der Waals surface area contributed by atoms with Gasteiger partial charge in [-0.05, 0) is 31.5 Å². The van der Waals surface area contributed by atoms with E-state index < -0.39 is 0 Å². The van der Waals surface area contributed by atoms with Gasteiger partial charge >= 0.3 is 5.97 Å². The highest BCUT2D eigenvalue weighted by molar-refractivity contribution is 5.92. The maximum atomic E-state index is 11.9. The fourth-order valence-electron chi connectivity index (χ4n) is 2.37. The monoisotopic (exact) mass is 288 g/mol. The van der Waals surface area contributed by atoms with E-state index in [-0.39, 0.29) is 5.97 Å². The molecule has 2 aromatic rings. The van der Waals surface area contributed by atoms with Crippen molar-refractivity contribution < 1.29 is 14.3 Å². The molecule has 2 rings (SSSR count). The summed E-state index contributed by atoms with van der Waals surface area (Å²) in [7, 11) is 3.08. The van der Waals surface area contributed by atoms with Crippen LogP contribution >= 0.6 is 0 Å². The van der Waals surface area contributed by atoms with E-state index in [9.17, 15) is 4.79 Å². The van der Waals surface area contributed by atoms with E-state index in [1.54, 1.807) is 19.5 Å². The van der Waals surface area contributed by atoms with Crippen LogP contribution in [-0.2, 0) is 16.0 Å². The van der Waals surface area contributed by atoms with Crippen molar-refractivity contribution in [2.45, 2.75) is 19.9 Å². The molecule has 0 amide bonds. The summed E-state index contributed by atoms with van der Waals surface area (Å²) in [6, 6.07) is 5.73. The van der Waals surface area contributed by atoms with E-state index in [1.807, 2.05) is 25.1 Å². The molecule has 0 fully saturated rings. The quantitative estimate of drug-likeness (QED) is 0.606. The van der Waals surface area contributed by atoms with E-state index in [0.29, 0.717) is 12.2 Å². The average Bonchev–Trinajstić information content (AvgIpc) is 2.85. The van der Waals surface area contributed by atoms with Crippen LogP contribution in [0.15, 0.2) is 30.6 Å². The summed E-state index contributed by atoms with van der Waals surface area (Å²) in [5, 5.41) is 0. The van der Waals surface area contributed by atoms with Crippen molar-refractivity contribution in [3.63, 3.8) is 0 Å². The summed E-state index contributed by atoms with van der Waals surface area (Å²) < 4.78 is 12.1. The summed E-state index contributed by atoms with van der Waals surface area (Å²) in [6.07, 6.45) is 4.40. The van der Waals surface area contributed by atoms with Crippen LogP contribution in [-0.4, -0.2) is 36.3 Å². The van der Waals surface area contributed by atoms with Crippen molar-refractivity contribution in [1.29, 1.82) is 0 Å². The lowest BCUT2D eigenvalue weighted by atomic mass is 10.2. The van der Waals surface area contributed by atoms with Crippen LogP contribution in [0.3, 0.4) is 0 Å². The van der Waals surface area contributed by atoms with Gasteiger partial charge in [-0.15, -0.1) is 0 Å². The van der Waals surface area contributed by atoms with Crippen LogP contribution in [0, 0.1) is 6.92 Å². The number of carbonyl (C=O) groups is 1. The number of carbonyl (C=O) groups excluding carboxylic acids is 1. The number of nitrogens with zero attached hydrogens (tertiary/aromatic N) is 2. The molecule has 0 atom stereocenters. The minimum absolute atomic E-state index is 0.317. The van der Waals surface area contributed by atoms with Crippen molar-refractivity contribution in [3.05, 3.63) is 41.9 Å². The van der Waals surface area contributed by atoms with Crippen molar-refractivity contribution in [2.24, 2.45) is 0 Å². The summed E-state index contributed by atoms with van der Waals surface area (Å²) >= 11 is 0. The first kappa shape index (κ1) is 15.3. The third kappa shape index (κ3) is 3.31. The Morgan fingerprint density at radius 2 is 2.19 bits per heavy atom. The molecule has 0 saturated carbocycles. The minimum Gasteiger partial charge on any atom is -0.465 e. The van der Waals surface area contributed by atoms with Gasteiger partial charge in [0.25, 0.3) is 0 Å². The average molecular weight is 288 g/mol. The molecule has 0 aliphatic rings. The molecule has 21 heavy (non-hydrogen) atoms. The highest BCUT2D eigenvalue weighted by atomic mass is 16.5. The Morgan fingerprint density at radius 1 is 1.38 bits per heavy atom. The maximum absolute atomic E-state index is 11.9. The molecular weight excluding hydrogens is 268 g/mol. The number of hydrogen-bond donors (Lipinski definition) is 0. The molecule has 0 unspecified atom stereocenters. The molecule has 0 bridgehead atoms. The Balaban J connectivity index is 2.43. The van der Waals surface area contributed by atoms with Gasteiger partial charge in [-0.1, -0.05) is 0 Å². The van der Waals surface area contributed by atoms with Gasteiger partial charge in [0.2, 0.25) is 0 Å². The third-order valence-electron chi connectivity index (χ3n) is 3.46. The molecule has 5 heteroatoms. The molecule has 0 aromatic carbocycles. The lowest BCUT2D eigenvalue weighted by Gasteiger charge is -2.11. The topological polar surface area (TPSA) is 53.4 Å². The number of esters is 1. The van der Waals surface area contributed by atoms with Crippen LogP contribution in [0.4, 0.5) is 0 Å². The zero-order chi connectivity index (χ0) is 15.2. The van der Waals surface area contributed by atoms with E-state index in [2.05, 4.69) is 9.55 Å². The fraction of sp³-hybridized carbons (Fsp3) is 0.375. The number of ether oxygens (including phenoxy) is 2. The molecule has 0 saturated heterocycles. The second kappa shape index (κ2) is 7.04. The molecule has 112 valence electrons. The van der Waals surface area contributed by atoms with Crippen molar-refractivity contribution in [2.75, 3.05) is 20.8 Å². The molecular formula is C16H20N2O3. The molecule has 2 heterocycles. The number of aromatic nitrogens is 2. The highest BCUT2D eigenvalue weighted by Crippen LogP contribution is 2.26. The van der Waals surface area contributed by atoms with E-state index in [4.69, 9.17) is 9.47 Å². The van der Waals surface area contributed by atoms with Crippen molar-refractivity contribution in [1.82, 2.24) is 9.55 Å². The Hall–Kier alpha value is -2.14. The lowest BCUT2D eigenvalue weighted by Crippen LogP contribution is -2.07. The molecule has 2 aromatic heterocycles. The third-order valence-corrected chi connectivity index (χ3v) is 3.46. The standard InChI is InChI=1S/C16H20N2O3/c1-12-14(16(19)21-3)10-15(13-6-4-7-17-11-13)18(12)8-5-9-20-2/h4,6-7,10-11H,5,8-9H2,1-3H3. The molecule has 0 aliphatic heterocycles. The zero-order valence-electron chi connectivity index (χ0n) is 12.6. The Labute approximate surface area is 124 Å². The summed E-state index contributed by atoms with van der Waals surface area (Å²) in [4.78, 5) is 16.0. The molecule has 0 N–H and O–H groups in total. The highest BCUT2D eigenvalue weighted by Gasteiger charge is 2.18. The molecule has 0 aliphatic carbocycles. The molecule has 5 nitrogen and oxygen atoms in total. The van der Waals surface area contributed by atoms with Crippen molar-refractivity contribution >= 4 is 5.97 Å². The number of methoxy groups -OCH3 is 2.